The van der Waals surface area contributed by atoms with E-state index in [0.29, 0.717) is 11.4 Å². The molecule has 2 aromatic heterocycles. The lowest BCUT2D eigenvalue weighted by Gasteiger charge is -2.01. The fourth-order valence-electron chi connectivity index (χ4n) is 1.55. The van der Waals surface area contributed by atoms with Gasteiger partial charge >= 0.3 is 5.69 Å². The highest BCUT2D eigenvalue weighted by atomic mass is 16.3. The maximum atomic E-state index is 11.7. The molecule has 0 aliphatic heterocycles. The van der Waals surface area contributed by atoms with Crippen LogP contribution in [0, 0.1) is 6.92 Å². The van der Waals surface area contributed by atoms with Gasteiger partial charge in [-0.15, -0.1) is 0 Å². The molecule has 80 valence electrons. The van der Waals surface area contributed by atoms with Crippen LogP contribution in [0.4, 0.5) is 5.69 Å². The summed E-state index contributed by atoms with van der Waals surface area (Å²) in [6.45, 7) is 1.65. The minimum absolute atomic E-state index is 0.220. The lowest BCUT2D eigenvalue weighted by atomic mass is 10.3. The summed E-state index contributed by atoms with van der Waals surface area (Å²) < 4.78 is 7.54. The van der Waals surface area contributed by atoms with Crippen LogP contribution >= 0.6 is 0 Å². The van der Waals surface area contributed by atoms with Gasteiger partial charge in [0.05, 0.1) is 5.69 Å². The molecule has 0 aliphatic carbocycles. The molecule has 0 fully saturated rings. The first-order chi connectivity index (χ1) is 6.95. The van der Waals surface area contributed by atoms with Crippen LogP contribution in [-0.4, -0.2) is 9.13 Å². The molecule has 0 aliphatic rings. The number of fused-ring (bicyclic) bond motifs is 1. The van der Waals surface area contributed by atoms with Gasteiger partial charge in [0.2, 0.25) is 5.71 Å². The molecule has 2 rings (SSSR count). The summed E-state index contributed by atoms with van der Waals surface area (Å²) in [5.41, 5.74) is 5.36. The van der Waals surface area contributed by atoms with Crippen LogP contribution < -0.4 is 17.0 Å². The highest BCUT2D eigenvalue weighted by molar-refractivity contribution is 5.87. The van der Waals surface area contributed by atoms with Crippen LogP contribution in [0.15, 0.2) is 14.0 Å². The van der Waals surface area contributed by atoms with Gasteiger partial charge in [-0.1, -0.05) is 0 Å². The highest BCUT2D eigenvalue weighted by Gasteiger charge is 2.16. The normalized spacial score (nSPS) is 11.1. The van der Waals surface area contributed by atoms with Crippen molar-refractivity contribution < 1.29 is 4.42 Å². The molecule has 2 N–H and O–H groups in total. The Morgan fingerprint density at radius 2 is 1.80 bits per heavy atom. The monoisotopic (exact) mass is 209 g/mol. The van der Waals surface area contributed by atoms with Crippen LogP contribution in [0.3, 0.4) is 0 Å². The van der Waals surface area contributed by atoms with Crippen molar-refractivity contribution in [1.82, 2.24) is 9.13 Å². The van der Waals surface area contributed by atoms with Crippen LogP contribution in [0.25, 0.3) is 11.1 Å². The van der Waals surface area contributed by atoms with Gasteiger partial charge in [0, 0.05) is 14.1 Å². The Morgan fingerprint density at radius 3 is 2.40 bits per heavy atom. The molecule has 0 amide bonds. The lowest BCUT2D eigenvalue weighted by Crippen LogP contribution is -2.36. The number of aryl methyl sites for hydroxylation is 2. The van der Waals surface area contributed by atoms with Crippen molar-refractivity contribution in [2.24, 2.45) is 14.1 Å². The van der Waals surface area contributed by atoms with E-state index >= 15 is 0 Å². The SMILES string of the molecule is Cc1oc2c(c1N)c(=O)n(C)c(=O)n2C. The van der Waals surface area contributed by atoms with Gasteiger partial charge in [-0.25, -0.2) is 4.79 Å². The molecular weight excluding hydrogens is 198 g/mol. The molecule has 0 radical (unpaired) electrons. The van der Waals surface area contributed by atoms with Crippen molar-refractivity contribution in [2.45, 2.75) is 6.92 Å². The number of hydrogen-bond acceptors (Lipinski definition) is 4. The number of furan rings is 1. The molecule has 0 unspecified atom stereocenters. The molecule has 2 heterocycles. The summed E-state index contributed by atoms with van der Waals surface area (Å²) in [7, 11) is 2.94. The van der Waals surface area contributed by atoms with E-state index in [1.54, 1.807) is 6.92 Å². The standard InChI is InChI=1S/C9H11N3O3/c1-4-6(10)5-7(13)11(2)9(14)12(3)8(5)15-4/h10H2,1-3H3. The van der Waals surface area contributed by atoms with E-state index in [4.69, 9.17) is 10.2 Å². The Morgan fingerprint density at radius 1 is 1.20 bits per heavy atom. The molecule has 0 saturated heterocycles. The molecule has 6 heteroatoms. The lowest BCUT2D eigenvalue weighted by molar-refractivity contribution is 0.538. The second-order valence-corrected chi connectivity index (χ2v) is 3.46. The van der Waals surface area contributed by atoms with Gasteiger partial charge < -0.3 is 10.2 Å². The summed E-state index contributed by atoms with van der Waals surface area (Å²) in [5, 5.41) is 0.261. The molecule has 0 saturated carbocycles. The summed E-state index contributed by atoms with van der Waals surface area (Å²) in [5.74, 6) is 0.448. The Bertz CT molecular complexity index is 660. The van der Waals surface area contributed by atoms with Gasteiger partial charge in [0.25, 0.3) is 5.56 Å². The first kappa shape index (κ1) is 9.57. The number of anilines is 1. The van der Waals surface area contributed by atoms with Gasteiger partial charge in [-0.3, -0.25) is 13.9 Å². The largest absolute Gasteiger partial charge is 0.442 e. The molecule has 6 nitrogen and oxygen atoms in total. The van der Waals surface area contributed by atoms with Gasteiger partial charge in [0.15, 0.2) is 0 Å². The molecule has 0 aromatic carbocycles. The third-order valence-electron chi connectivity index (χ3n) is 2.51. The number of rotatable bonds is 0. The van der Waals surface area contributed by atoms with Crippen molar-refractivity contribution in [3.63, 3.8) is 0 Å². The van der Waals surface area contributed by atoms with E-state index in [-0.39, 0.29) is 11.1 Å². The maximum absolute atomic E-state index is 11.7. The molecular formula is C9H11N3O3. The molecule has 0 bridgehead atoms. The average Bonchev–Trinajstić information content (AvgIpc) is 2.50. The summed E-state index contributed by atoms with van der Waals surface area (Å²) in [6, 6.07) is 0. The van der Waals surface area contributed by atoms with Crippen LogP contribution in [0.1, 0.15) is 5.76 Å². The average molecular weight is 209 g/mol. The number of nitrogen functional groups attached to an aromatic ring is 1. The van der Waals surface area contributed by atoms with Gasteiger partial charge in [0.1, 0.15) is 11.1 Å². The number of aromatic nitrogens is 2. The number of nitrogens with zero attached hydrogens (tertiary/aromatic N) is 2. The van der Waals surface area contributed by atoms with Crippen LogP contribution in [-0.2, 0) is 14.1 Å². The Balaban J connectivity index is 3.23. The minimum Gasteiger partial charge on any atom is -0.442 e. The quantitative estimate of drug-likeness (QED) is 0.646. The van der Waals surface area contributed by atoms with Crippen molar-refractivity contribution in [1.29, 1.82) is 0 Å². The summed E-state index contributed by atoms with van der Waals surface area (Å²) >= 11 is 0. The van der Waals surface area contributed by atoms with E-state index in [0.717, 1.165) is 4.57 Å². The van der Waals surface area contributed by atoms with Crippen LogP contribution in [0.2, 0.25) is 0 Å². The van der Waals surface area contributed by atoms with E-state index in [9.17, 15) is 9.59 Å². The smallest absolute Gasteiger partial charge is 0.333 e. The van der Waals surface area contributed by atoms with Crippen molar-refractivity contribution >= 4 is 16.8 Å². The van der Waals surface area contributed by atoms with Crippen molar-refractivity contribution in [3.05, 3.63) is 26.6 Å². The van der Waals surface area contributed by atoms with Crippen LogP contribution in [0.5, 0.6) is 0 Å². The molecule has 0 atom stereocenters. The minimum atomic E-state index is -0.429. The molecule has 2 aromatic rings. The van der Waals surface area contributed by atoms with E-state index < -0.39 is 11.2 Å². The van der Waals surface area contributed by atoms with Gasteiger partial charge in [-0.05, 0) is 6.92 Å². The number of nitrogens with two attached hydrogens (primary N) is 1. The Kier molecular flexibility index (Phi) is 1.76. The van der Waals surface area contributed by atoms with Crippen molar-refractivity contribution in [2.75, 3.05) is 5.73 Å². The fourth-order valence-corrected chi connectivity index (χ4v) is 1.55. The van der Waals surface area contributed by atoms with Crippen molar-refractivity contribution in [3.8, 4) is 0 Å². The first-order valence-electron chi connectivity index (χ1n) is 4.39. The summed E-state index contributed by atoms with van der Waals surface area (Å²) in [4.78, 5) is 23.3. The van der Waals surface area contributed by atoms with E-state index in [2.05, 4.69) is 0 Å². The van der Waals surface area contributed by atoms with Gasteiger partial charge in [-0.2, -0.15) is 0 Å². The predicted molar refractivity (Wildman–Crippen MR) is 55.8 cm³/mol. The zero-order chi connectivity index (χ0) is 11.3. The molecule has 0 spiro atoms. The Hall–Kier alpha value is -1.98. The third kappa shape index (κ3) is 1.04. The topological polar surface area (TPSA) is 83.2 Å². The fraction of sp³-hybridized carbons (Fsp3) is 0.333. The predicted octanol–water partition coefficient (Wildman–Crippen LogP) is -0.279. The zero-order valence-electron chi connectivity index (χ0n) is 8.70. The Labute approximate surface area is 84.5 Å². The number of hydrogen-bond donors (Lipinski definition) is 1. The van der Waals surface area contributed by atoms with E-state index in [1.165, 1.54) is 18.7 Å². The zero-order valence-corrected chi connectivity index (χ0v) is 8.70. The maximum Gasteiger partial charge on any atom is 0.333 e. The highest BCUT2D eigenvalue weighted by Crippen LogP contribution is 2.22. The first-order valence-corrected chi connectivity index (χ1v) is 4.39. The second kappa shape index (κ2) is 2.75. The van der Waals surface area contributed by atoms with E-state index in [1.807, 2.05) is 0 Å². The summed E-state index contributed by atoms with van der Waals surface area (Å²) in [6.07, 6.45) is 0. The molecule has 15 heavy (non-hydrogen) atoms. The second-order valence-electron chi connectivity index (χ2n) is 3.46. The third-order valence-corrected chi connectivity index (χ3v) is 2.51.